The van der Waals surface area contributed by atoms with Gasteiger partial charge in [0.15, 0.2) is 0 Å². The highest BCUT2D eigenvalue weighted by Crippen LogP contribution is 2.22. The summed E-state index contributed by atoms with van der Waals surface area (Å²) in [7, 11) is 3.87. The number of rotatable bonds is 5. The van der Waals surface area contributed by atoms with Crippen LogP contribution in [0.4, 0.5) is 0 Å². The van der Waals surface area contributed by atoms with Gasteiger partial charge in [-0.05, 0) is 31.2 Å². The SMILES string of the molecule is CCC1CN(Cc2ccc(C(N)=S)c(OC)c2)CCN1C. The molecule has 0 spiro atoms. The molecule has 2 N–H and O–H groups in total. The Bertz CT molecular complexity index is 506. The van der Waals surface area contributed by atoms with E-state index in [0.29, 0.717) is 11.0 Å². The van der Waals surface area contributed by atoms with Crippen molar-refractivity contribution in [1.29, 1.82) is 0 Å². The minimum absolute atomic E-state index is 0.379. The average molecular weight is 307 g/mol. The van der Waals surface area contributed by atoms with Crippen molar-refractivity contribution in [1.82, 2.24) is 9.80 Å². The minimum Gasteiger partial charge on any atom is -0.496 e. The zero-order valence-electron chi connectivity index (χ0n) is 13.1. The lowest BCUT2D eigenvalue weighted by atomic mass is 10.1. The second kappa shape index (κ2) is 7.20. The third-order valence-corrected chi connectivity index (χ3v) is 4.49. The molecule has 5 heteroatoms. The lowest BCUT2D eigenvalue weighted by Crippen LogP contribution is -2.50. The first-order valence-corrected chi connectivity index (χ1v) is 7.85. The number of piperazine rings is 1. The lowest BCUT2D eigenvalue weighted by molar-refractivity contribution is 0.0883. The molecule has 1 heterocycles. The van der Waals surface area contributed by atoms with E-state index >= 15 is 0 Å². The first-order valence-electron chi connectivity index (χ1n) is 7.44. The number of hydrogen-bond donors (Lipinski definition) is 1. The van der Waals surface area contributed by atoms with Crippen LogP contribution in [0.25, 0.3) is 0 Å². The molecule has 0 aromatic heterocycles. The Labute approximate surface area is 132 Å². The normalized spacial score (nSPS) is 20.4. The predicted octanol–water partition coefficient (Wildman–Crippen LogP) is 1.86. The summed E-state index contributed by atoms with van der Waals surface area (Å²) in [6, 6.07) is 6.75. The van der Waals surface area contributed by atoms with Crippen LogP contribution >= 0.6 is 12.2 Å². The van der Waals surface area contributed by atoms with Gasteiger partial charge in [-0.3, -0.25) is 4.90 Å². The molecule has 1 saturated heterocycles. The van der Waals surface area contributed by atoms with E-state index in [1.807, 2.05) is 12.1 Å². The van der Waals surface area contributed by atoms with Crippen LogP contribution < -0.4 is 10.5 Å². The maximum Gasteiger partial charge on any atom is 0.129 e. The summed E-state index contributed by atoms with van der Waals surface area (Å²) in [5.74, 6) is 0.765. The summed E-state index contributed by atoms with van der Waals surface area (Å²) >= 11 is 5.05. The Balaban J connectivity index is 2.08. The van der Waals surface area contributed by atoms with Crippen LogP contribution in [-0.2, 0) is 6.54 Å². The molecular weight excluding hydrogens is 282 g/mol. The number of hydrogen-bond acceptors (Lipinski definition) is 4. The van der Waals surface area contributed by atoms with E-state index in [2.05, 4.69) is 29.8 Å². The molecule has 0 saturated carbocycles. The second-order valence-corrected chi connectivity index (χ2v) is 6.12. The third kappa shape index (κ3) is 3.93. The van der Waals surface area contributed by atoms with Gasteiger partial charge in [0.05, 0.1) is 12.7 Å². The van der Waals surface area contributed by atoms with Gasteiger partial charge < -0.3 is 15.4 Å². The van der Waals surface area contributed by atoms with Crippen LogP contribution in [0, 0.1) is 0 Å². The standard InChI is InChI=1S/C16H25N3OS/c1-4-13-11-19(8-7-18(13)2)10-12-5-6-14(16(17)21)15(9-12)20-3/h5-6,9,13H,4,7-8,10-11H2,1-3H3,(H2,17,21). The Morgan fingerprint density at radius 2 is 2.19 bits per heavy atom. The fourth-order valence-electron chi connectivity index (χ4n) is 2.89. The monoisotopic (exact) mass is 307 g/mol. The largest absolute Gasteiger partial charge is 0.496 e. The summed E-state index contributed by atoms with van der Waals surface area (Å²) in [6.45, 7) is 6.54. The first kappa shape index (κ1) is 16.2. The minimum atomic E-state index is 0.379. The lowest BCUT2D eigenvalue weighted by Gasteiger charge is -2.39. The highest BCUT2D eigenvalue weighted by molar-refractivity contribution is 7.80. The predicted molar refractivity (Wildman–Crippen MR) is 90.9 cm³/mol. The van der Waals surface area contributed by atoms with Crippen LogP contribution in [0.15, 0.2) is 18.2 Å². The number of nitrogens with zero attached hydrogens (tertiary/aromatic N) is 2. The van der Waals surface area contributed by atoms with Crippen molar-refractivity contribution in [2.75, 3.05) is 33.8 Å². The Morgan fingerprint density at radius 1 is 1.43 bits per heavy atom. The number of benzene rings is 1. The number of ether oxygens (including phenoxy) is 1. The second-order valence-electron chi connectivity index (χ2n) is 5.68. The molecule has 21 heavy (non-hydrogen) atoms. The molecule has 1 unspecified atom stereocenters. The molecule has 1 aliphatic rings. The van der Waals surface area contributed by atoms with E-state index < -0.39 is 0 Å². The highest BCUT2D eigenvalue weighted by atomic mass is 32.1. The molecular formula is C16H25N3OS. The van der Waals surface area contributed by atoms with Crippen LogP contribution in [0.5, 0.6) is 5.75 Å². The Hall–Kier alpha value is -1.17. The van der Waals surface area contributed by atoms with Crippen molar-refractivity contribution in [3.63, 3.8) is 0 Å². The highest BCUT2D eigenvalue weighted by Gasteiger charge is 2.22. The van der Waals surface area contributed by atoms with Gasteiger partial charge >= 0.3 is 0 Å². The van der Waals surface area contributed by atoms with Gasteiger partial charge in [0, 0.05) is 32.2 Å². The number of nitrogens with two attached hydrogens (primary N) is 1. The molecule has 0 amide bonds. The molecule has 0 bridgehead atoms. The van der Waals surface area contributed by atoms with Crippen LogP contribution in [0.2, 0.25) is 0 Å². The van der Waals surface area contributed by atoms with Crippen molar-refractivity contribution in [3.05, 3.63) is 29.3 Å². The molecule has 0 radical (unpaired) electrons. The van der Waals surface area contributed by atoms with Crippen LogP contribution in [0.1, 0.15) is 24.5 Å². The summed E-state index contributed by atoms with van der Waals surface area (Å²) < 4.78 is 5.40. The molecule has 1 fully saturated rings. The van der Waals surface area contributed by atoms with E-state index in [4.69, 9.17) is 22.7 Å². The summed E-state index contributed by atoms with van der Waals surface area (Å²) in [5, 5.41) is 0. The van der Waals surface area contributed by atoms with Gasteiger partial charge in [0.2, 0.25) is 0 Å². The number of thiocarbonyl (C=S) groups is 1. The molecule has 1 atom stereocenters. The zero-order chi connectivity index (χ0) is 15.4. The Kier molecular flexibility index (Phi) is 5.56. The molecule has 0 aliphatic carbocycles. The molecule has 1 aromatic carbocycles. The van der Waals surface area contributed by atoms with E-state index in [-0.39, 0.29) is 0 Å². The van der Waals surface area contributed by atoms with E-state index in [1.54, 1.807) is 7.11 Å². The summed E-state index contributed by atoms with van der Waals surface area (Å²) in [5.41, 5.74) is 7.76. The van der Waals surface area contributed by atoms with E-state index in [0.717, 1.165) is 37.5 Å². The molecule has 1 aliphatic heterocycles. The van der Waals surface area contributed by atoms with Gasteiger partial charge in [-0.1, -0.05) is 25.2 Å². The van der Waals surface area contributed by atoms with E-state index in [1.165, 1.54) is 12.0 Å². The average Bonchev–Trinajstić information content (AvgIpc) is 2.48. The van der Waals surface area contributed by atoms with Crippen LogP contribution in [0.3, 0.4) is 0 Å². The van der Waals surface area contributed by atoms with Gasteiger partial charge in [0.1, 0.15) is 10.7 Å². The zero-order valence-corrected chi connectivity index (χ0v) is 13.9. The fraction of sp³-hybridized carbons (Fsp3) is 0.562. The van der Waals surface area contributed by atoms with E-state index in [9.17, 15) is 0 Å². The molecule has 1 aromatic rings. The van der Waals surface area contributed by atoms with Crippen LogP contribution in [-0.4, -0.2) is 54.6 Å². The first-order chi connectivity index (χ1) is 10.0. The fourth-order valence-corrected chi connectivity index (χ4v) is 3.06. The number of likely N-dealkylation sites (N-methyl/N-ethyl adjacent to an activating group) is 1. The maximum atomic E-state index is 5.71. The van der Waals surface area contributed by atoms with Gasteiger partial charge in [-0.2, -0.15) is 0 Å². The van der Waals surface area contributed by atoms with Crippen molar-refractivity contribution in [2.45, 2.75) is 25.9 Å². The molecule has 4 nitrogen and oxygen atoms in total. The quantitative estimate of drug-likeness (QED) is 0.841. The molecule has 2 rings (SSSR count). The smallest absolute Gasteiger partial charge is 0.129 e. The van der Waals surface area contributed by atoms with Gasteiger partial charge in [-0.25, -0.2) is 0 Å². The Morgan fingerprint density at radius 3 is 2.81 bits per heavy atom. The van der Waals surface area contributed by atoms with Crippen molar-refractivity contribution in [3.8, 4) is 5.75 Å². The third-order valence-electron chi connectivity index (χ3n) is 4.27. The molecule has 116 valence electrons. The van der Waals surface area contributed by atoms with Crippen molar-refractivity contribution >= 4 is 17.2 Å². The maximum absolute atomic E-state index is 5.71. The topological polar surface area (TPSA) is 41.7 Å². The van der Waals surface area contributed by atoms with Crippen molar-refractivity contribution < 1.29 is 4.74 Å². The summed E-state index contributed by atoms with van der Waals surface area (Å²) in [6.07, 6.45) is 1.19. The number of methoxy groups -OCH3 is 1. The van der Waals surface area contributed by atoms with Gasteiger partial charge in [-0.15, -0.1) is 0 Å². The van der Waals surface area contributed by atoms with Crippen molar-refractivity contribution in [2.24, 2.45) is 5.73 Å². The van der Waals surface area contributed by atoms with Gasteiger partial charge in [0.25, 0.3) is 0 Å². The summed E-state index contributed by atoms with van der Waals surface area (Å²) in [4.78, 5) is 5.33.